The van der Waals surface area contributed by atoms with Gasteiger partial charge in [0.25, 0.3) is 5.91 Å². The summed E-state index contributed by atoms with van der Waals surface area (Å²) in [7, 11) is 0. The summed E-state index contributed by atoms with van der Waals surface area (Å²) in [6.07, 6.45) is 0.665. The predicted octanol–water partition coefficient (Wildman–Crippen LogP) is 0.985. The van der Waals surface area contributed by atoms with Crippen molar-refractivity contribution >= 4 is 23.5 Å². The zero-order valence-electron chi connectivity index (χ0n) is 6.66. The van der Waals surface area contributed by atoms with Crippen LogP contribution in [0.2, 0.25) is 0 Å². The molecule has 1 rings (SSSR count). The van der Waals surface area contributed by atoms with Gasteiger partial charge >= 0.3 is 0 Å². The van der Waals surface area contributed by atoms with Crippen molar-refractivity contribution < 1.29 is 9.59 Å². The van der Waals surface area contributed by atoms with E-state index < -0.39 is 0 Å². The highest BCUT2D eigenvalue weighted by Gasteiger charge is 2.05. The third-order valence-electron chi connectivity index (χ3n) is 1.31. The van der Waals surface area contributed by atoms with E-state index in [1.807, 2.05) is 13.0 Å². The predicted molar refractivity (Wildman–Crippen MR) is 47.5 cm³/mol. The van der Waals surface area contributed by atoms with Gasteiger partial charge in [-0.1, -0.05) is 0 Å². The highest BCUT2D eigenvalue weighted by molar-refractivity contribution is 7.13. The van der Waals surface area contributed by atoms with E-state index in [2.05, 4.69) is 5.32 Å². The van der Waals surface area contributed by atoms with Crippen LogP contribution in [0.4, 0.5) is 0 Å². The summed E-state index contributed by atoms with van der Waals surface area (Å²) in [6.45, 7) is 2.01. The SMILES string of the molecule is Cc1ccc(C(=O)NCC=O)s1. The number of rotatable bonds is 3. The van der Waals surface area contributed by atoms with Crippen molar-refractivity contribution in [3.05, 3.63) is 21.9 Å². The molecule has 0 aromatic carbocycles. The van der Waals surface area contributed by atoms with Crippen LogP contribution in [-0.4, -0.2) is 18.7 Å². The molecule has 4 heteroatoms. The standard InChI is InChI=1S/C8H9NO2S/c1-6-2-3-7(12-6)8(11)9-4-5-10/h2-3,5H,4H2,1H3,(H,9,11). The van der Waals surface area contributed by atoms with Gasteiger partial charge < -0.3 is 10.1 Å². The minimum Gasteiger partial charge on any atom is -0.345 e. The Morgan fingerprint density at radius 2 is 2.42 bits per heavy atom. The van der Waals surface area contributed by atoms with E-state index in [4.69, 9.17) is 0 Å². The van der Waals surface area contributed by atoms with E-state index >= 15 is 0 Å². The first-order valence-corrected chi connectivity index (χ1v) is 4.34. The van der Waals surface area contributed by atoms with Crippen molar-refractivity contribution in [1.82, 2.24) is 5.32 Å². The molecule has 0 radical (unpaired) electrons. The van der Waals surface area contributed by atoms with Gasteiger partial charge in [0.05, 0.1) is 11.4 Å². The van der Waals surface area contributed by atoms with Crippen molar-refractivity contribution in [1.29, 1.82) is 0 Å². The number of carbonyl (C=O) groups excluding carboxylic acids is 2. The Kier molecular flexibility index (Phi) is 2.99. The fourth-order valence-corrected chi connectivity index (χ4v) is 1.56. The lowest BCUT2D eigenvalue weighted by Gasteiger charge is -1.95. The normalized spacial score (nSPS) is 9.42. The third-order valence-corrected chi connectivity index (χ3v) is 2.31. The molecule has 0 spiro atoms. The summed E-state index contributed by atoms with van der Waals surface area (Å²) in [4.78, 5) is 22.8. The van der Waals surface area contributed by atoms with Crippen molar-refractivity contribution in [2.45, 2.75) is 6.92 Å². The number of hydrogen-bond donors (Lipinski definition) is 1. The molecule has 0 aliphatic carbocycles. The number of aldehydes is 1. The highest BCUT2D eigenvalue weighted by atomic mass is 32.1. The number of nitrogens with one attached hydrogen (secondary N) is 1. The van der Waals surface area contributed by atoms with Gasteiger partial charge in [-0.25, -0.2) is 0 Å². The average molecular weight is 183 g/mol. The molecule has 0 saturated carbocycles. The number of thiophene rings is 1. The molecule has 1 aromatic heterocycles. The summed E-state index contributed by atoms with van der Waals surface area (Å²) in [5.74, 6) is -0.180. The number of carbonyl (C=O) groups is 2. The lowest BCUT2D eigenvalue weighted by molar-refractivity contribution is -0.107. The van der Waals surface area contributed by atoms with E-state index in [1.54, 1.807) is 6.07 Å². The number of hydrogen-bond acceptors (Lipinski definition) is 3. The van der Waals surface area contributed by atoms with E-state index in [0.717, 1.165) is 4.88 Å². The van der Waals surface area contributed by atoms with Gasteiger partial charge in [0.2, 0.25) is 0 Å². The summed E-state index contributed by atoms with van der Waals surface area (Å²) >= 11 is 1.42. The van der Waals surface area contributed by atoms with Gasteiger partial charge in [-0.2, -0.15) is 0 Å². The van der Waals surface area contributed by atoms with Crippen LogP contribution in [0.25, 0.3) is 0 Å². The van der Waals surface area contributed by atoms with Crippen molar-refractivity contribution in [2.75, 3.05) is 6.54 Å². The third kappa shape index (κ3) is 2.17. The molecule has 0 saturated heterocycles. The first-order chi connectivity index (χ1) is 5.74. The Balaban J connectivity index is 2.59. The second-order valence-corrected chi connectivity index (χ2v) is 3.57. The van der Waals surface area contributed by atoms with Gasteiger partial charge in [-0.3, -0.25) is 4.79 Å². The molecule has 0 unspecified atom stereocenters. The van der Waals surface area contributed by atoms with Crippen molar-refractivity contribution in [3.8, 4) is 0 Å². The van der Waals surface area contributed by atoms with Crippen LogP contribution in [0.15, 0.2) is 12.1 Å². The maximum Gasteiger partial charge on any atom is 0.261 e. The van der Waals surface area contributed by atoms with Crippen LogP contribution >= 0.6 is 11.3 Å². The minimum absolute atomic E-state index is 0.0791. The van der Waals surface area contributed by atoms with Gasteiger partial charge in [0, 0.05) is 4.88 Å². The monoisotopic (exact) mass is 183 g/mol. The van der Waals surface area contributed by atoms with Crippen LogP contribution in [0, 0.1) is 6.92 Å². The molecular weight excluding hydrogens is 174 g/mol. The maximum absolute atomic E-state index is 11.2. The minimum atomic E-state index is -0.180. The van der Waals surface area contributed by atoms with Crippen LogP contribution < -0.4 is 5.32 Å². The Morgan fingerprint density at radius 3 is 2.92 bits per heavy atom. The molecule has 0 aliphatic heterocycles. The summed E-state index contributed by atoms with van der Waals surface area (Å²) in [5.41, 5.74) is 0. The van der Waals surface area contributed by atoms with Crippen LogP contribution in [-0.2, 0) is 4.79 Å². The fourth-order valence-electron chi connectivity index (χ4n) is 0.778. The highest BCUT2D eigenvalue weighted by Crippen LogP contribution is 2.14. The van der Waals surface area contributed by atoms with Gasteiger partial charge in [0.1, 0.15) is 6.29 Å². The van der Waals surface area contributed by atoms with Crippen LogP contribution in [0.1, 0.15) is 14.5 Å². The summed E-state index contributed by atoms with van der Waals surface area (Å²) < 4.78 is 0. The zero-order chi connectivity index (χ0) is 8.97. The first-order valence-electron chi connectivity index (χ1n) is 3.52. The largest absolute Gasteiger partial charge is 0.345 e. The smallest absolute Gasteiger partial charge is 0.261 e. The molecule has 12 heavy (non-hydrogen) atoms. The van der Waals surface area contributed by atoms with E-state index in [9.17, 15) is 9.59 Å². The van der Waals surface area contributed by atoms with Gasteiger partial charge in [-0.15, -0.1) is 11.3 Å². The Bertz CT molecular complexity index is 293. The molecule has 1 N–H and O–H groups in total. The number of amides is 1. The van der Waals surface area contributed by atoms with Crippen LogP contribution in [0.3, 0.4) is 0 Å². The average Bonchev–Trinajstić information content (AvgIpc) is 2.47. The Hall–Kier alpha value is -1.16. The topological polar surface area (TPSA) is 46.2 Å². The second-order valence-electron chi connectivity index (χ2n) is 2.29. The van der Waals surface area contributed by atoms with Gasteiger partial charge in [0.15, 0.2) is 0 Å². The molecule has 64 valence electrons. The molecule has 0 atom stereocenters. The molecule has 1 aromatic rings. The number of aryl methyl sites for hydroxylation is 1. The first kappa shape index (κ1) is 8.93. The zero-order valence-corrected chi connectivity index (χ0v) is 7.48. The second kappa shape index (κ2) is 4.01. The van der Waals surface area contributed by atoms with E-state index in [0.29, 0.717) is 11.2 Å². The van der Waals surface area contributed by atoms with Crippen molar-refractivity contribution in [3.63, 3.8) is 0 Å². The van der Waals surface area contributed by atoms with E-state index in [1.165, 1.54) is 11.3 Å². The lowest BCUT2D eigenvalue weighted by Crippen LogP contribution is -2.24. The molecule has 3 nitrogen and oxygen atoms in total. The van der Waals surface area contributed by atoms with Crippen LogP contribution in [0.5, 0.6) is 0 Å². The molecule has 0 fully saturated rings. The lowest BCUT2D eigenvalue weighted by atomic mass is 10.4. The summed E-state index contributed by atoms with van der Waals surface area (Å²) in [5, 5.41) is 2.47. The van der Waals surface area contributed by atoms with Gasteiger partial charge in [-0.05, 0) is 19.1 Å². The maximum atomic E-state index is 11.2. The molecule has 1 heterocycles. The van der Waals surface area contributed by atoms with E-state index in [-0.39, 0.29) is 12.5 Å². The fraction of sp³-hybridized carbons (Fsp3) is 0.250. The summed E-state index contributed by atoms with van der Waals surface area (Å²) in [6, 6.07) is 3.63. The molecule has 0 aliphatic rings. The Morgan fingerprint density at radius 1 is 1.67 bits per heavy atom. The molecule has 0 bridgehead atoms. The van der Waals surface area contributed by atoms with Crippen molar-refractivity contribution in [2.24, 2.45) is 0 Å². The molecular formula is C8H9NO2S. The quantitative estimate of drug-likeness (QED) is 0.710. The Labute approximate surface area is 74.4 Å². The molecule has 1 amide bonds.